The highest BCUT2D eigenvalue weighted by Crippen LogP contribution is 2.15. The van der Waals surface area contributed by atoms with Crippen LogP contribution in [0.3, 0.4) is 0 Å². The van der Waals surface area contributed by atoms with Gasteiger partial charge >= 0.3 is 12.0 Å². The van der Waals surface area contributed by atoms with E-state index in [1.165, 1.54) is 11.0 Å². The van der Waals surface area contributed by atoms with Crippen molar-refractivity contribution in [3.8, 4) is 0 Å². The van der Waals surface area contributed by atoms with Crippen molar-refractivity contribution in [3.05, 3.63) is 54.9 Å². The summed E-state index contributed by atoms with van der Waals surface area (Å²) >= 11 is 0. The summed E-state index contributed by atoms with van der Waals surface area (Å²) in [6.07, 6.45) is 3.10. The van der Waals surface area contributed by atoms with E-state index >= 15 is 0 Å². The summed E-state index contributed by atoms with van der Waals surface area (Å²) < 4.78 is 13.2. The number of carbonyl (C=O) groups is 2. The Labute approximate surface area is 116 Å². The van der Waals surface area contributed by atoms with Crippen molar-refractivity contribution in [2.24, 2.45) is 0 Å². The van der Waals surface area contributed by atoms with Crippen LogP contribution in [0.5, 0.6) is 0 Å². The van der Waals surface area contributed by atoms with Crippen molar-refractivity contribution in [1.29, 1.82) is 0 Å². The number of rotatable bonds is 6. The molecule has 20 heavy (non-hydrogen) atoms. The number of anilines is 1. The molecule has 6 heteroatoms. The summed E-state index contributed by atoms with van der Waals surface area (Å²) in [4.78, 5) is 24.2. The van der Waals surface area contributed by atoms with Crippen molar-refractivity contribution in [1.82, 2.24) is 4.90 Å². The van der Waals surface area contributed by atoms with E-state index in [0.29, 0.717) is 13.1 Å². The van der Waals surface area contributed by atoms with Crippen LogP contribution >= 0.6 is 0 Å². The zero-order valence-corrected chi connectivity index (χ0v) is 10.8. The van der Waals surface area contributed by atoms with Crippen LogP contribution in [-0.2, 0) is 0 Å². The quantitative estimate of drug-likeness (QED) is 0.786. The zero-order valence-electron chi connectivity index (χ0n) is 10.8. The van der Waals surface area contributed by atoms with Crippen LogP contribution in [0.1, 0.15) is 10.4 Å². The van der Waals surface area contributed by atoms with Gasteiger partial charge < -0.3 is 15.3 Å². The largest absolute Gasteiger partial charge is 0.478 e. The highest BCUT2D eigenvalue weighted by Gasteiger charge is 2.14. The molecule has 1 aromatic carbocycles. The van der Waals surface area contributed by atoms with Crippen LogP contribution in [-0.4, -0.2) is 35.1 Å². The van der Waals surface area contributed by atoms with Gasteiger partial charge in [-0.25, -0.2) is 14.0 Å². The Morgan fingerprint density at radius 3 is 2.40 bits per heavy atom. The standard InChI is InChI=1S/C14H15FN2O3/c1-3-7-17(8-4-2)14(20)16-10-5-6-12(15)11(9-10)13(18)19/h3-6,9H,1-2,7-8H2,(H,16,20)(H,18,19). The lowest BCUT2D eigenvalue weighted by molar-refractivity contribution is 0.0692. The molecule has 2 amide bonds. The normalized spacial score (nSPS) is 9.65. The molecule has 0 aliphatic heterocycles. The van der Waals surface area contributed by atoms with Gasteiger partial charge in [-0.05, 0) is 18.2 Å². The van der Waals surface area contributed by atoms with Crippen molar-refractivity contribution in [2.45, 2.75) is 0 Å². The Bertz CT molecular complexity index is 533. The molecular formula is C14H15FN2O3. The van der Waals surface area contributed by atoms with Gasteiger partial charge in [0.25, 0.3) is 0 Å². The van der Waals surface area contributed by atoms with Crippen molar-refractivity contribution in [3.63, 3.8) is 0 Å². The van der Waals surface area contributed by atoms with Gasteiger partial charge in [0.2, 0.25) is 0 Å². The second-order valence-electron chi connectivity index (χ2n) is 3.91. The van der Waals surface area contributed by atoms with E-state index in [1.807, 2.05) is 0 Å². The molecule has 0 aliphatic rings. The third-order valence-electron chi connectivity index (χ3n) is 2.43. The third-order valence-corrected chi connectivity index (χ3v) is 2.43. The van der Waals surface area contributed by atoms with Crippen LogP contribution < -0.4 is 5.32 Å². The topological polar surface area (TPSA) is 69.6 Å². The number of hydrogen-bond donors (Lipinski definition) is 2. The highest BCUT2D eigenvalue weighted by molar-refractivity contribution is 5.93. The molecule has 0 heterocycles. The zero-order chi connectivity index (χ0) is 15.1. The Balaban J connectivity index is 2.89. The molecule has 0 fully saturated rings. The molecule has 0 atom stereocenters. The number of nitrogens with one attached hydrogen (secondary N) is 1. The second kappa shape index (κ2) is 7.08. The minimum Gasteiger partial charge on any atom is -0.478 e. The van der Waals surface area contributed by atoms with Gasteiger partial charge in [-0.3, -0.25) is 0 Å². The summed E-state index contributed by atoms with van der Waals surface area (Å²) in [5.41, 5.74) is -0.297. The smallest absolute Gasteiger partial charge is 0.338 e. The van der Waals surface area contributed by atoms with Gasteiger partial charge in [-0.15, -0.1) is 13.2 Å². The van der Waals surface area contributed by atoms with Gasteiger partial charge in [0.15, 0.2) is 0 Å². The summed E-state index contributed by atoms with van der Waals surface area (Å²) in [7, 11) is 0. The van der Waals surface area contributed by atoms with E-state index in [2.05, 4.69) is 18.5 Å². The molecule has 1 aromatic rings. The van der Waals surface area contributed by atoms with E-state index in [1.54, 1.807) is 12.2 Å². The Morgan fingerprint density at radius 1 is 1.30 bits per heavy atom. The SMILES string of the molecule is C=CCN(CC=C)C(=O)Nc1ccc(F)c(C(=O)O)c1. The summed E-state index contributed by atoms with van der Waals surface area (Å²) in [6.45, 7) is 7.70. The average Bonchev–Trinajstić information content (AvgIpc) is 2.40. The first-order valence-electron chi connectivity index (χ1n) is 5.80. The first-order valence-corrected chi connectivity index (χ1v) is 5.80. The fourth-order valence-electron chi connectivity index (χ4n) is 1.52. The fraction of sp³-hybridized carbons (Fsp3) is 0.143. The number of benzene rings is 1. The van der Waals surface area contributed by atoms with Crippen LogP contribution in [0.15, 0.2) is 43.5 Å². The number of amides is 2. The molecule has 0 radical (unpaired) electrons. The van der Waals surface area contributed by atoms with Gasteiger partial charge in [-0.2, -0.15) is 0 Å². The number of nitrogens with zero attached hydrogens (tertiary/aromatic N) is 1. The minimum atomic E-state index is -1.40. The molecule has 0 bridgehead atoms. The molecule has 1 rings (SSSR count). The predicted octanol–water partition coefficient (Wildman–Crippen LogP) is 2.73. The number of aromatic carboxylic acids is 1. The lowest BCUT2D eigenvalue weighted by Gasteiger charge is -2.20. The number of carboxylic acids is 1. The molecule has 0 spiro atoms. The number of halogens is 1. The van der Waals surface area contributed by atoms with Crippen LogP contribution in [0, 0.1) is 5.82 Å². The van der Waals surface area contributed by atoms with Crippen LogP contribution in [0.25, 0.3) is 0 Å². The molecule has 0 saturated carbocycles. The maximum Gasteiger partial charge on any atom is 0.338 e. The highest BCUT2D eigenvalue weighted by atomic mass is 19.1. The van der Waals surface area contributed by atoms with E-state index < -0.39 is 23.4 Å². The number of carbonyl (C=O) groups excluding carboxylic acids is 1. The molecule has 106 valence electrons. The van der Waals surface area contributed by atoms with E-state index in [-0.39, 0.29) is 5.69 Å². The number of urea groups is 1. The minimum absolute atomic E-state index is 0.201. The van der Waals surface area contributed by atoms with E-state index in [4.69, 9.17) is 5.11 Å². The molecule has 0 saturated heterocycles. The summed E-state index contributed by atoms with van der Waals surface area (Å²) in [5, 5.41) is 11.3. The summed E-state index contributed by atoms with van der Waals surface area (Å²) in [6, 6.07) is 2.90. The predicted molar refractivity (Wildman–Crippen MR) is 74.3 cm³/mol. The van der Waals surface area contributed by atoms with Crippen LogP contribution in [0.4, 0.5) is 14.9 Å². The van der Waals surface area contributed by atoms with E-state index in [9.17, 15) is 14.0 Å². The second-order valence-corrected chi connectivity index (χ2v) is 3.91. The van der Waals surface area contributed by atoms with Crippen molar-refractivity contribution < 1.29 is 19.1 Å². The van der Waals surface area contributed by atoms with Crippen molar-refractivity contribution in [2.75, 3.05) is 18.4 Å². The molecular weight excluding hydrogens is 263 g/mol. The molecule has 5 nitrogen and oxygen atoms in total. The molecule has 2 N–H and O–H groups in total. The average molecular weight is 278 g/mol. The van der Waals surface area contributed by atoms with Gasteiger partial charge in [-0.1, -0.05) is 12.2 Å². The fourth-order valence-corrected chi connectivity index (χ4v) is 1.52. The van der Waals surface area contributed by atoms with Gasteiger partial charge in [0, 0.05) is 18.8 Å². The maximum atomic E-state index is 13.2. The lowest BCUT2D eigenvalue weighted by atomic mass is 10.2. The maximum absolute atomic E-state index is 13.2. The number of carboxylic acid groups (broad SMARTS) is 1. The number of hydrogen-bond acceptors (Lipinski definition) is 2. The third kappa shape index (κ3) is 3.94. The molecule has 0 unspecified atom stereocenters. The Kier molecular flexibility index (Phi) is 5.46. The van der Waals surface area contributed by atoms with E-state index in [0.717, 1.165) is 12.1 Å². The first kappa shape index (κ1) is 15.4. The molecule has 0 aliphatic carbocycles. The Hall–Kier alpha value is -2.63. The van der Waals surface area contributed by atoms with Gasteiger partial charge in [0.05, 0.1) is 5.56 Å². The monoisotopic (exact) mass is 278 g/mol. The first-order chi connectivity index (χ1) is 9.49. The van der Waals surface area contributed by atoms with Gasteiger partial charge in [0.1, 0.15) is 5.82 Å². The van der Waals surface area contributed by atoms with Crippen LogP contribution in [0.2, 0.25) is 0 Å². The lowest BCUT2D eigenvalue weighted by Crippen LogP contribution is -2.35. The summed E-state index contributed by atoms with van der Waals surface area (Å²) in [5.74, 6) is -2.25. The Morgan fingerprint density at radius 2 is 1.90 bits per heavy atom. The molecule has 0 aromatic heterocycles. The van der Waals surface area contributed by atoms with Crippen molar-refractivity contribution >= 4 is 17.7 Å².